The van der Waals surface area contributed by atoms with Gasteiger partial charge in [-0.25, -0.2) is 8.42 Å². The maximum Gasteiger partial charge on any atom is 1.00 e. The summed E-state index contributed by atoms with van der Waals surface area (Å²) < 4.78 is 26.9. The second-order valence-electron chi connectivity index (χ2n) is 1.39. The van der Waals surface area contributed by atoms with Gasteiger partial charge in [-0.3, -0.25) is 0 Å². The molecule has 0 spiro atoms. The van der Waals surface area contributed by atoms with E-state index in [2.05, 4.69) is 12.6 Å². The normalized spacial score (nSPS) is 17.8. The topological polar surface area (TPSA) is 77.4 Å². The molecule has 0 aromatic heterocycles. The van der Waals surface area contributed by atoms with E-state index < -0.39 is 14.4 Å². The molecule has 0 radical (unpaired) electrons. The second-order valence-corrected chi connectivity index (χ2v) is 4.26. The molecule has 0 heterocycles. The summed E-state index contributed by atoms with van der Waals surface area (Å²) in [5, 5.41) is 8.32. The van der Waals surface area contributed by atoms with Crippen molar-refractivity contribution in [2.24, 2.45) is 0 Å². The minimum Gasteiger partial charge on any atom is -0.745 e. The molecule has 0 saturated heterocycles. The molecular weight excluding hydrogens is 175 g/mol. The monoisotopic (exact) mass is 180 g/mol. The van der Waals surface area contributed by atoms with Gasteiger partial charge < -0.3 is 9.66 Å². The Morgan fingerprint density at radius 1 is 1.67 bits per heavy atom. The quantitative estimate of drug-likeness (QED) is 0.187. The van der Waals surface area contributed by atoms with E-state index in [-0.39, 0.29) is 29.6 Å². The molecule has 9 heavy (non-hydrogen) atoms. The van der Waals surface area contributed by atoms with Crippen LogP contribution in [-0.2, 0) is 10.1 Å². The van der Waals surface area contributed by atoms with Gasteiger partial charge in [-0.05, 0) is 6.92 Å². The van der Waals surface area contributed by atoms with Crippen LogP contribution in [0.25, 0.3) is 0 Å². The van der Waals surface area contributed by atoms with Crippen LogP contribution in [0.2, 0.25) is 0 Å². The minimum absolute atomic E-state index is 0. The Labute approximate surface area is 81.1 Å². The average molecular weight is 180 g/mol. The molecule has 0 amide bonds. The van der Waals surface area contributed by atoms with Crippen LogP contribution in [-0.4, -0.2) is 22.3 Å². The summed E-state index contributed by atoms with van der Waals surface area (Å²) in [5.74, 6) is 0. The zero-order chi connectivity index (χ0) is 7.00. The number of hydrogen-bond acceptors (Lipinski definition) is 5. The summed E-state index contributed by atoms with van der Waals surface area (Å²) in [6.45, 7) is 0.790. The van der Waals surface area contributed by atoms with Crippen LogP contribution in [0.1, 0.15) is 6.92 Å². The van der Waals surface area contributed by atoms with Crippen molar-refractivity contribution in [2.75, 3.05) is 0 Å². The molecule has 0 aliphatic carbocycles. The third-order valence-corrected chi connectivity index (χ3v) is 2.09. The molecule has 0 saturated carbocycles. The fourth-order valence-corrected chi connectivity index (χ4v) is 0. The largest absolute Gasteiger partial charge is 1.00 e. The van der Waals surface area contributed by atoms with E-state index in [0.717, 1.165) is 6.92 Å². The van der Waals surface area contributed by atoms with Crippen LogP contribution in [0.3, 0.4) is 0 Å². The molecule has 1 N–H and O–H groups in total. The van der Waals surface area contributed by atoms with E-state index in [4.69, 9.17) is 5.11 Å². The minimum atomic E-state index is -4.67. The van der Waals surface area contributed by atoms with E-state index in [0.29, 0.717) is 0 Å². The van der Waals surface area contributed by atoms with Crippen LogP contribution >= 0.6 is 12.6 Å². The third-order valence-electron chi connectivity index (χ3n) is 0.474. The maximum absolute atomic E-state index is 9.77. The Kier molecular flexibility index (Phi) is 5.09. The number of hydrogen-bond donors (Lipinski definition) is 2. The van der Waals surface area contributed by atoms with Crippen LogP contribution in [0.4, 0.5) is 0 Å². The molecule has 0 aliphatic heterocycles. The Balaban J connectivity index is 0. The maximum atomic E-state index is 9.77. The van der Waals surface area contributed by atoms with Gasteiger partial charge in [0.2, 0.25) is 0 Å². The molecular formula is C2H5NaO4S2. The average Bonchev–Trinajstić information content (AvgIpc) is 1.25. The Hall–Kier alpha value is 1.22. The Bertz CT molecular complexity index is 165. The van der Waals surface area contributed by atoms with E-state index in [1.807, 2.05) is 0 Å². The summed E-state index contributed by atoms with van der Waals surface area (Å²) in [6, 6.07) is 0. The van der Waals surface area contributed by atoms with E-state index in [9.17, 15) is 13.0 Å². The van der Waals surface area contributed by atoms with Crippen molar-refractivity contribution in [2.45, 2.75) is 11.2 Å². The fourth-order valence-electron chi connectivity index (χ4n) is 0. The van der Waals surface area contributed by atoms with Crippen molar-refractivity contribution in [1.82, 2.24) is 0 Å². The molecule has 7 heteroatoms. The number of thiol groups is 1. The predicted octanol–water partition coefficient (Wildman–Crippen LogP) is -3.87. The summed E-state index contributed by atoms with van der Waals surface area (Å²) >= 11 is 3.09. The zero-order valence-electron chi connectivity index (χ0n) is 5.03. The molecule has 1 atom stereocenters. The van der Waals surface area contributed by atoms with Crippen LogP contribution in [0, 0.1) is 0 Å². The van der Waals surface area contributed by atoms with E-state index in [1.165, 1.54) is 0 Å². The SMILES string of the molecule is CC(O)(S)S(=O)(=O)[O-].[Na+]. The van der Waals surface area contributed by atoms with Gasteiger partial charge in [0, 0.05) is 0 Å². The van der Waals surface area contributed by atoms with Crippen LogP contribution < -0.4 is 29.6 Å². The van der Waals surface area contributed by atoms with Gasteiger partial charge in [0.05, 0.1) is 0 Å². The van der Waals surface area contributed by atoms with Crippen LogP contribution in [0.15, 0.2) is 0 Å². The van der Waals surface area contributed by atoms with Crippen molar-refractivity contribution in [1.29, 1.82) is 0 Å². The summed E-state index contributed by atoms with van der Waals surface area (Å²) in [7, 11) is -4.67. The molecule has 0 fully saturated rings. The van der Waals surface area contributed by atoms with Gasteiger partial charge in [0.1, 0.15) is 10.1 Å². The summed E-state index contributed by atoms with van der Waals surface area (Å²) in [6.07, 6.45) is 0. The smallest absolute Gasteiger partial charge is 0.745 e. The molecule has 1 unspecified atom stereocenters. The standard InChI is InChI=1S/C2H6O4S2.Na/c1-2(3,7)8(4,5)6;/h3,7H,1H3,(H,4,5,6);/q;+1/p-1. The third kappa shape index (κ3) is 4.60. The molecule has 0 aromatic carbocycles. The number of rotatable bonds is 1. The summed E-state index contributed by atoms with van der Waals surface area (Å²) in [5.41, 5.74) is 0. The van der Waals surface area contributed by atoms with Gasteiger partial charge in [0.25, 0.3) is 0 Å². The van der Waals surface area contributed by atoms with Crippen molar-refractivity contribution >= 4 is 22.7 Å². The summed E-state index contributed by atoms with van der Waals surface area (Å²) in [4.78, 5) is 0. The number of aliphatic hydroxyl groups is 1. The van der Waals surface area contributed by atoms with E-state index >= 15 is 0 Å². The molecule has 0 aliphatic rings. The molecule has 0 bridgehead atoms. The first kappa shape index (κ1) is 12.9. The Morgan fingerprint density at radius 2 is 1.78 bits per heavy atom. The first-order valence-electron chi connectivity index (χ1n) is 1.65. The van der Waals surface area contributed by atoms with Crippen LogP contribution in [0.5, 0.6) is 0 Å². The van der Waals surface area contributed by atoms with Crippen molar-refractivity contribution in [3.05, 3.63) is 0 Å². The fraction of sp³-hybridized carbons (Fsp3) is 1.00. The van der Waals surface area contributed by atoms with Crippen molar-refractivity contribution in [3.8, 4) is 0 Å². The first-order chi connectivity index (χ1) is 3.25. The van der Waals surface area contributed by atoms with Gasteiger partial charge in [-0.2, -0.15) is 0 Å². The Morgan fingerprint density at radius 3 is 1.78 bits per heavy atom. The first-order valence-corrected chi connectivity index (χ1v) is 3.51. The van der Waals surface area contributed by atoms with Gasteiger partial charge in [0.15, 0.2) is 4.27 Å². The molecule has 0 rings (SSSR count). The predicted molar refractivity (Wildman–Crippen MR) is 29.3 cm³/mol. The second kappa shape index (κ2) is 3.56. The molecule has 0 aromatic rings. The van der Waals surface area contributed by atoms with Gasteiger partial charge in [-0.15, -0.1) is 12.6 Å². The van der Waals surface area contributed by atoms with Crippen molar-refractivity contribution in [3.63, 3.8) is 0 Å². The van der Waals surface area contributed by atoms with E-state index in [1.54, 1.807) is 0 Å². The molecule has 50 valence electrons. The zero-order valence-corrected chi connectivity index (χ0v) is 8.74. The van der Waals surface area contributed by atoms with Crippen molar-refractivity contribution < 1.29 is 47.6 Å². The van der Waals surface area contributed by atoms with Gasteiger partial charge in [-0.1, -0.05) is 0 Å². The molecule has 4 nitrogen and oxygen atoms in total. The van der Waals surface area contributed by atoms with Gasteiger partial charge >= 0.3 is 29.6 Å².